The van der Waals surface area contributed by atoms with Crippen LogP contribution in [0.5, 0.6) is 5.75 Å². The molecule has 1 atom stereocenters. The second-order valence-electron chi connectivity index (χ2n) is 7.74. The monoisotopic (exact) mass is 511 g/mol. The van der Waals surface area contributed by atoms with Crippen LogP contribution in [0, 0.1) is 5.82 Å². The van der Waals surface area contributed by atoms with E-state index >= 15 is 4.39 Å². The van der Waals surface area contributed by atoms with Crippen LogP contribution in [0.3, 0.4) is 0 Å². The number of hydrogen-bond donors (Lipinski definition) is 2. The average molecular weight is 512 g/mol. The van der Waals surface area contributed by atoms with E-state index in [-0.39, 0.29) is 38.4 Å². The number of aliphatic hydroxyl groups excluding tert-OH is 1. The molecule has 1 amide bonds. The molecule has 35 heavy (non-hydrogen) atoms. The van der Waals surface area contributed by atoms with Crippen molar-refractivity contribution in [2.24, 2.45) is 0 Å². The molecule has 1 aliphatic rings. The van der Waals surface area contributed by atoms with Crippen LogP contribution in [0.25, 0.3) is 16.8 Å². The third-order valence-corrected chi connectivity index (χ3v) is 6.29. The molecule has 1 aliphatic heterocycles. The van der Waals surface area contributed by atoms with Gasteiger partial charge < -0.3 is 14.8 Å². The van der Waals surface area contributed by atoms with Crippen molar-refractivity contribution in [1.82, 2.24) is 9.97 Å². The largest absolute Gasteiger partial charge is 0.507 e. The molecule has 0 spiro atoms. The zero-order chi connectivity index (χ0) is 24.9. The number of anilines is 1. The smallest absolute Gasteiger partial charge is 0.302 e. The quantitative estimate of drug-likeness (QED) is 0.210. The Morgan fingerprint density at radius 2 is 1.74 bits per heavy atom. The Morgan fingerprint density at radius 1 is 1.09 bits per heavy atom. The van der Waals surface area contributed by atoms with E-state index in [0.717, 1.165) is 4.90 Å². The summed E-state index contributed by atoms with van der Waals surface area (Å²) in [5.41, 5.74) is 0.887. The Bertz CT molecular complexity index is 1490. The van der Waals surface area contributed by atoms with Crippen LogP contribution in [-0.2, 0) is 9.59 Å². The predicted molar refractivity (Wildman–Crippen MR) is 130 cm³/mol. The highest BCUT2D eigenvalue weighted by atomic mass is 35.5. The number of fused-ring (bicyclic) bond motifs is 1. The number of aromatic amines is 1. The van der Waals surface area contributed by atoms with Gasteiger partial charge in [-0.25, -0.2) is 9.37 Å². The normalized spacial score (nSPS) is 17.4. The molecule has 1 fully saturated rings. The lowest BCUT2D eigenvalue weighted by Gasteiger charge is -2.23. The summed E-state index contributed by atoms with van der Waals surface area (Å²) in [5, 5.41) is 11.4. The Hall–Kier alpha value is -3.88. The number of ether oxygens (including phenoxy) is 1. The van der Waals surface area contributed by atoms with Gasteiger partial charge in [0.05, 0.1) is 33.8 Å². The van der Waals surface area contributed by atoms with Crippen LogP contribution in [0.1, 0.15) is 17.2 Å². The van der Waals surface area contributed by atoms with E-state index in [2.05, 4.69) is 9.97 Å². The molecule has 7 nitrogen and oxygen atoms in total. The second kappa shape index (κ2) is 8.72. The number of amides is 1. The number of nitrogens with zero attached hydrogens (tertiary/aromatic N) is 2. The number of carbonyl (C=O) groups is 2. The lowest BCUT2D eigenvalue weighted by molar-refractivity contribution is -0.132. The number of hydrogen-bond acceptors (Lipinski definition) is 5. The number of nitrogens with one attached hydrogen (secondary N) is 1. The van der Waals surface area contributed by atoms with Crippen LogP contribution in [0.15, 0.2) is 66.2 Å². The maximum absolute atomic E-state index is 15.0. The maximum atomic E-state index is 15.0. The fraction of sp³-hybridized carbons (Fsp3) is 0.0800. The van der Waals surface area contributed by atoms with Gasteiger partial charge in [0.25, 0.3) is 5.78 Å². The van der Waals surface area contributed by atoms with Gasteiger partial charge in [-0.2, -0.15) is 0 Å². The third kappa shape index (κ3) is 3.71. The number of para-hydroxylation sites is 2. The molecule has 3 aromatic carbocycles. The van der Waals surface area contributed by atoms with E-state index in [9.17, 15) is 14.7 Å². The first-order valence-electron chi connectivity index (χ1n) is 10.4. The van der Waals surface area contributed by atoms with Crippen molar-refractivity contribution < 1.29 is 23.8 Å². The number of imidazole rings is 1. The Kier molecular flexibility index (Phi) is 5.70. The molecule has 5 rings (SSSR count). The van der Waals surface area contributed by atoms with Crippen LogP contribution in [0.2, 0.25) is 10.0 Å². The highest BCUT2D eigenvalue weighted by molar-refractivity contribution is 6.51. The number of ketones is 1. The summed E-state index contributed by atoms with van der Waals surface area (Å²) in [7, 11) is 1.38. The minimum Gasteiger partial charge on any atom is -0.507 e. The Labute approximate surface area is 208 Å². The van der Waals surface area contributed by atoms with Gasteiger partial charge in [-0.15, -0.1) is 0 Å². The first kappa shape index (κ1) is 22.9. The van der Waals surface area contributed by atoms with Crippen molar-refractivity contribution in [1.29, 1.82) is 0 Å². The van der Waals surface area contributed by atoms with E-state index in [1.54, 1.807) is 30.3 Å². The summed E-state index contributed by atoms with van der Waals surface area (Å²) in [5.74, 6) is -3.02. The molecule has 4 aromatic rings. The molecule has 2 heterocycles. The molecule has 0 radical (unpaired) electrons. The molecule has 1 saturated heterocycles. The number of aromatic nitrogens is 2. The van der Waals surface area contributed by atoms with Gasteiger partial charge in [-0.05, 0) is 30.3 Å². The van der Waals surface area contributed by atoms with Crippen molar-refractivity contribution >= 4 is 57.6 Å². The molecule has 0 saturated carbocycles. The number of aliphatic hydroxyl groups is 1. The Morgan fingerprint density at radius 3 is 2.40 bits per heavy atom. The first-order valence-corrected chi connectivity index (χ1v) is 11.1. The standard InChI is InChI=1S/C25H16Cl2FN3O4/c1-35-23-14(26)10-12(11-15(23)27)21(32)19-20(13-6-2-3-7-16(13)28)31(24(34)22(19)33)25-29-17-8-4-5-9-18(17)30-25/h2-11,20,32H,1H3,(H,29,30)/b21-19+. The molecule has 1 aromatic heterocycles. The minimum absolute atomic E-state index is 0.000545. The van der Waals surface area contributed by atoms with Crippen LogP contribution >= 0.6 is 23.2 Å². The van der Waals surface area contributed by atoms with E-state index in [4.69, 9.17) is 27.9 Å². The second-order valence-corrected chi connectivity index (χ2v) is 8.56. The van der Waals surface area contributed by atoms with Crippen molar-refractivity contribution in [2.75, 3.05) is 12.0 Å². The van der Waals surface area contributed by atoms with Crippen molar-refractivity contribution in [3.8, 4) is 5.75 Å². The van der Waals surface area contributed by atoms with Gasteiger partial charge in [0, 0.05) is 11.1 Å². The summed E-state index contributed by atoms with van der Waals surface area (Å²) < 4.78 is 20.1. The molecule has 2 N–H and O–H groups in total. The van der Waals surface area contributed by atoms with E-state index in [0.29, 0.717) is 11.0 Å². The van der Waals surface area contributed by atoms with E-state index in [1.807, 2.05) is 0 Å². The fourth-order valence-electron chi connectivity index (χ4n) is 4.14. The highest BCUT2D eigenvalue weighted by Gasteiger charge is 2.49. The number of methoxy groups -OCH3 is 1. The lowest BCUT2D eigenvalue weighted by atomic mass is 9.95. The molecule has 176 valence electrons. The molecule has 0 bridgehead atoms. The summed E-state index contributed by atoms with van der Waals surface area (Å²) >= 11 is 12.4. The fourth-order valence-corrected chi connectivity index (χ4v) is 4.78. The van der Waals surface area contributed by atoms with Crippen LogP contribution < -0.4 is 9.64 Å². The average Bonchev–Trinajstić information content (AvgIpc) is 3.37. The van der Waals surface area contributed by atoms with Crippen LogP contribution in [0.4, 0.5) is 10.3 Å². The predicted octanol–water partition coefficient (Wildman–Crippen LogP) is 5.64. The zero-order valence-electron chi connectivity index (χ0n) is 18.1. The third-order valence-electron chi connectivity index (χ3n) is 5.73. The molecular weight excluding hydrogens is 496 g/mol. The topological polar surface area (TPSA) is 95.5 Å². The Balaban J connectivity index is 1.76. The van der Waals surface area contributed by atoms with Crippen molar-refractivity contribution in [2.45, 2.75) is 6.04 Å². The first-order chi connectivity index (χ1) is 16.8. The molecule has 1 unspecified atom stereocenters. The number of Topliss-reactive ketones (excluding diaryl/α,β-unsaturated/α-hetero) is 1. The van der Waals surface area contributed by atoms with Crippen molar-refractivity contribution in [3.05, 3.63) is 93.2 Å². The number of H-pyrrole nitrogens is 1. The van der Waals surface area contributed by atoms with Crippen molar-refractivity contribution in [3.63, 3.8) is 0 Å². The maximum Gasteiger partial charge on any atom is 0.302 e. The van der Waals surface area contributed by atoms with Gasteiger partial charge >= 0.3 is 5.91 Å². The summed E-state index contributed by atoms with van der Waals surface area (Å²) in [4.78, 5) is 34.9. The lowest BCUT2D eigenvalue weighted by Crippen LogP contribution is -2.30. The summed E-state index contributed by atoms with van der Waals surface area (Å²) in [6.45, 7) is 0. The summed E-state index contributed by atoms with van der Waals surface area (Å²) in [6, 6.07) is 14.1. The molecule has 10 heteroatoms. The van der Waals surface area contributed by atoms with Gasteiger partial charge in [0.15, 0.2) is 5.75 Å². The van der Waals surface area contributed by atoms with Gasteiger partial charge in [-0.1, -0.05) is 53.5 Å². The van der Waals surface area contributed by atoms with E-state index < -0.39 is 29.3 Å². The molecule has 0 aliphatic carbocycles. The minimum atomic E-state index is -1.31. The van der Waals surface area contributed by atoms with Gasteiger partial charge in [0.2, 0.25) is 5.95 Å². The number of halogens is 3. The number of carbonyl (C=O) groups excluding carboxylic acids is 2. The zero-order valence-corrected chi connectivity index (χ0v) is 19.6. The number of rotatable bonds is 4. The van der Waals surface area contributed by atoms with Gasteiger partial charge in [0.1, 0.15) is 17.6 Å². The van der Waals surface area contributed by atoms with E-state index in [1.165, 1.54) is 37.4 Å². The molecular formula is C25H16Cl2FN3O4. The SMILES string of the molecule is COc1c(Cl)cc(/C(O)=C2\C(=O)C(=O)N(c3nc4ccccc4[nH]3)C2c2ccccc2F)cc1Cl. The summed E-state index contributed by atoms with van der Waals surface area (Å²) in [6.07, 6.45) is 0. The van der Waals surface area contributed by atoms with Crippen LogP contribution in [-0.4, -0.2) is 33.9 Å². The highest BCUT2D eigenvalue weighted by Crippen LogP contribution is 2.44. The van der Waals surface area contributed by atoms with Gasteiger partial charge in [-0.3, -0.25) is 14.5 Å². The number of benzene rings is 3.